The van der Waals surface area contributed by atoms with Crippen molar-refractivity contribution in [2.24, 2.45) is 7.05 Å². The summed E-state index contributed by atoms with van der Waals surface area (Å²) < 4.78 is 38.9. The third kappa shape index (κ3) is 1.14. The SMILES string of the molecule is Cn1[c]cc(C2(C(F)(F)F)CC2)n1. The number of halogens is 3. The minimum atomic E-state index is -4.17. The number of nitrogens with zero attached hydrogens (tertiary/aromatic N) is 2. The van der Waals surface area contributed by atoms with E-state index in [-0.39, 0.29) is 18.5 Å². The molecule has 1 aromatic heterocycles. The minimum absolute atomic E-state index is 0.0995. The highest BCUT2D eigenvalue weighted by atomic mass is 19.4. The van der Waals surface area contributed by atoms with E-state index in [0.717, 1.165) is 0 Å². The Bertz CT molecular complexity index is 322. The molecule has 0 spiro atoms. The Morgan fingerprint density at radius 1 is 1.54 bits per heavy atom. The van der Waals surface area contributed by atoms with Crippen molar-refractivity contribution in [3.8, 4) is 0 Å². The summed E-state index contributed by atoms with van der Waals surface area (Å²) in [7, 11) is 1.57. The van der Waals surface area contributed by atoms with E-state index in [1.54, 1.807) is 7.05 Å². The maximum atomic E-state index is 12.5. The molecule has 2 nitrogen and oxygen atoms in total. The molecule has 0 atom stereocenters. The van der Waals surface area contributed by atoms with Crippen LogP contribution in [0.25, 0.3) is 0 Å². The third-order valence-corrected chi connectivity index (χ3v) is 2.43. The van der Waals surface area contributed by atoms with Gasteiger partial charge < -0.3 is 0 Å². The van der Waals surface area contributed by atoms with Gasteiger partial charge in [-0.1, -0.05) is 0 Å². The number of aromatic nitrogens is 2. The molecule has 1 saturated carbocycles. The van der Waals surface area contributed by atoms with Gasteiger partial charge in [0.2, 0.25) is 0 Å². The van der Waals surface area contributed by atoms with Gasteiger partial charge in [0.05, 0.1) is 11.9 Å². The monoisotopic (exact) mass is 189 g/mol. The average molecular weight is 189 g/mol. The fourth-order valence-corrected chi connectivity index (χ4v) is 1.42. The molecule has 0 unspecified atom stereocenters. The van der Waals surface area contributed by atoms with Gasteiger partial charge >= 0.3 is 6.18 Å². The summed E-state index contributed by atoms with van der Waals surface area (Å²) in [4.78, 5) is 0. The van der Waals surface area contributed by atoms with Crippen molar-refractivity contribution in [1.82, 2.24) is 9.78 Å². The zero-order chi connectivity index (χ0) is 9.69. The molecule has 2 rings (SSSR count). The summed E-state index contributed by atoms with van der Waals surface area (Å²) in [6.07, 6.45) is -1.27. The lowest BCUT2D eigenvalue weighted by atomic mass is 10.0. The van der Waals surface area contributed by atoms with Crippen LogP contribution < -0.4 is 0 Å². The number of aryl methyl sites for hydroxylation is 1. The molecule has 1 radical (unpaired) electrons. The Kier molecular flexibility index (Phi) is 1.50. The Morgan fingerprint density at radius 2 is 2.15 bits per heavy atom. The summed E-state index contributed by atoms with van der Waals surface area (Å²) >= 11 is 0. The van der Waals surface area contributed by atoms with E-state index in [9.17, 15) is 13.2 Å². The molecule has 1 heterocycles. The van der Waals surface area contributed by atoms with Crippen LogP contribution in [0.15, 0.2) is 6.07 Å². The Morgan fingerprint density at radius 3 is 2.46 bits per heavy atom. The van der Waals surface area contributed by atoms with Crippen molar-refractivity contribution < 1.29 is 13.2 Å². The highest BCUT2D eigenvalue weighted by Crippen LogP contribution is 2.58. The fraction of sp³-hybridized carbons (Fsp3) is 0.625. The molecule has 1 aliphatic carbocycles. The number of hydrogen-bond donors (Lipinski definition) is 0. The molecule has 0 N–H and O–H groups in total. The maximum absolute atomic E-state index is 12.5. The Balaban J connectivity index is 2.36. The van der Waals surface area contributed by atoms with Gasteiger partial charge in [0.1, 0.15) is 5.41 Å². The zero-order valence-electron chi connectivity index (χ0n) is 7.02. The molecule has 1 fully saturated rings. The second kappa shape index (κ2) is 2.27. The number of alkyl halides is 3. The third-order valence-electron chi connectivity index (χ3n) is 2.43. The first-order valence-electron chi connectivity index (χ1n) is 3.95. The highest BCUT2D eigenvalue weighted by molar-refractivity contribution is 5.26. The van der Waals surface area contributed by atoms with Crippen LogP contribution in [0.3, 0.4) is 0 Å². The van der Waals surface area contributed by atoms with Gasteiger partial charge in [0, 0.05) is 7.05 Å². The van der Waals surface area contributed by atoms with Crippen molar-refractivity contribution in [3.05, 3.63) is 18.0 Å². The van der Waals surface area contributed by atoms with E-state index in [1.165, 1.54) is 10.7 Å². The van der Waals surface area contributed by atoms with Crippen molar-refractivity contribution in [1.29, 1.82) is 0 Å². The first-order chi connectivity index (χ1) is 5.96. The lowest BCUT2D eigenvalue weighted by Crippen LogP contribution is -2.29. The van der Waals surface area contributed by atoms with E-state index >= 15 is 0 Å². The van der Waals surface area contributed by atoms with Crippen LogP contribution in [0.1, 0.15) is 18.5 Å². The fourth-order valence-electron chi connectivity index (χ4n) is 1.42. The standard InChI is InChI=1S/C8H8F3N2/c1-13-5-2-6(12-13)7(3-4-7)8(9,10)11/h2H,3-4H2,1H3. The molecule has 13 heavy (non-hydrogen) atoms. The molecular formula is C8H8F3N2. The van der Waals surface area contributed by atoms with Crippen molar-refractivity contribution in [2.75, 3.05) is 0 Å². The summed E-state index contributed by atoms with van der Waals surface area (Å²) in [5.41, 5.74) is -1.56. The topological polar surface area (TPSA) is 17.8 Å². The average Bonchev–Trinajstić information content (AvgIpc) is 2.70. The van der Waals surface area contributed by atoms with Crippen molar-refractivity contribution >= 4 is 0 Å². The largest absolute Gasteiger partial charge is 0.400 e. The van der Waals surface area contributed by atoms with Gasteiger partial charge in [-0.25, -0.2) is 0 Å². The maximum Gasteiger partial charge on any atom is 0.400 e. The quantitative estimate of drug-likeness (QED) is 0.658. The van der Waals surface area contributed by atoms with Crippen LogP contribution in [0.4, 0.5) is 13.2 Å². The van der Waals surface area contributed by atoms with E-state index < -0.39 is 11.6 Å². The predicted octanol–water partition coefficient (Wildman–Crippen LogP) is 1.81. The number of hydrogen-bond acceptors (Lipinski definition) is 1. The molecule has 0 amide bonds. The first-order valence-corrected chi connectivity index (χ1v) is 3.95. The smallest absolute Gasteiger partial charge is 0.266 e. The second-order valence-corrected chi connectivity index (χ2v) is 3.36. The highest BCUT2D eigenvalue weighted by Gasteiger charge is 2.65. The van der Waals surface area contributed by atoms with Crippen LogP contribution in [-0.2, 0) is 12.5 Å². The number of rotatable bonds is 1. The zero-order valence-corrected chi connectivity index (χ0v) is 7.02. The van der Waals surface area contributed by atoms with Crippen LogP contribution in [0, 0.1) is 6.20 Å². The molecule has 0 aliphatic heterocycles. The van der Waals surface area contributed by atoms with E-state index in [1.807, 2.05) is 0 Å². The summed E-state index contributed by atoms with van der Waals surface area (Å²) in [5, 5.41) is 3.75. The van der Waals surface area contributed by atoms with Crippen molar-refractivity contribution in [3.63, 3.8) is 0 Å². The van der Waals surface area contributed by atoms with Gasteiger partial charge in [-0.2, -0.15) is 18.3 Å². The van der Waals surface area contributed by atoms with Gasteiger partial charge in [0.15, 0.2) is 0 Å². The van der Waals surface area contributed by atoms with Crippen LogP contribution >= 0.6 is 0 Å². The molecule has 0 aromatic carbocycles. The van der Waals surface area contributed by atoms with Gasteiger partial charge in [-0.15, -0.1) is 0 Å². The molecule has 0 bridgehead atoms. The molecule has 1 aliphatic rings. The van der Waals surface area contributed by atoms with Gasteiger partial charge in [-0.3, -0.25) is 4.68 Å². The lowest BCUT2D eigenvalue weighted by molar-refractivity contribution is -0.161. The van der Waals surface area contributed by atoms with Crippen LogP contribution in [0.5, 0.6) is 0 Å². The second-order valence-electron chi connectivity index (χ2n) is 3.36. The summed E-state index contributed by atoms with van der Waals surface area (Å²) in [6, 6.07) is 1.32. The lowest BCUT2D eigenvalue weighted by Gasteiger charge is -2.16. The summed E-state index contributed by atoms with van der Waals surface area (Å²) in [6.45, 7) is 0. The van der Waals surface area contributed by atoms with Crippen LogP contribution in [0.2, 0.25) is 0 Å². The normalized spacial score (nSPS) is 20.3. The van der Waals surface area contributed by atoms with Gasteiger partial charge in [0.25, 0.3) is 0 Å². The van der Waals surface area contributed by atoms with Crippen LogP contribution in [-0.4, -0.2) is 16.0 Å². The molecule has 0 saturated heterocycles. The van der Waals surface area contributed by atoms with E-state index in [4.69, 9.17) is 0 Å². The Hall–Kier alpha value is -1.00. The molecular weight excluding hydrogens is 181 g/mol. The summed E-state index contributed by atoms with van der Waals surface area (Å²) in [5.74, 6) is 0. The molecule has 1 aromatic rings. The van der Waals surface area contributed by atoms with E-state index in [2.05, 4.69) is 11.3 Å². The van der Waals surface area contributed by atoms with Gasteiger partial charge in [-0.05, 0) is 18.9 Å². The Labute approximate surface area is 73.4 Å². The first kappa shape index (κ1) is 8.59. The minimum Gasteiger partial charge on any atom is -0.266 e. The van der Waals surface area contributed by atoms with E-state index in [0.29, 0.717) is 0 Å². The van der Waals surface area contributed by atoms with Crippen molar-refractivity contribution in [2.45, 2.75) is 24.4 Å². The molecule has 5 heteroatoms. The molecule has 71 valence electrons. The predicted molar refractivity (Wildman–Crippen MR) is 39.0 cm³/mol.